The zero-order valence-corrected chi connectivity index (χ0v) is 16.1. The highest BCUT2D eigenvalue weighted by molar-refractivity contribution is 5.94. The number of anilines is 1. The topological polar surface area (TPSA) is 35.6 Å². The van der Waals surface area contributed by atoms with Gasteiger partial charge in [0.05, 0.1) is 0 Å². The molecule has 0 aliphatic carbocycles. The van der Waals surface area contributed by atoms with E-state index in [1.54, 1.807) is 0 Å². The van der Waals surface area contributed by atoms with E-state index in [2.05, 4.69) is 46.3 Å². The summed E-state index contributed by atoms with van der Waals surface area (Å²) in [6, 6.07) is 14.4. The molecule has 1 heterocycles. The average Bonchev–Trinajstić information content (AvgIpc) is 2.67. The number of aryl methyl sites for hydroxylation is 1. The number of carbonyl (C=O) groups is 1. The summed E-state index contributed by atoms with van der Waals surface area (Å²) in [6.45, 7) is 9.23. The molecule has 2 aromatic carbocycles. The van der Waals surface area contributed by atoms with Crippen molar-refractivity contribution in [3.8, 4) is 0 Å². The van der Waals surface area contributed by atoms with Crippen molar-refractivity contribution in [1.82, 2.24) is 10.2 Å². The zero-order valence-electron chi connectivity index (χ0n) is 16.1. The van der Waals surface area contributed by atoms with Gasteiger partial charge in [0, 0.05) is 50.0 Å². The number of amides is 1. The summed E-state index contributed by atoms with van der Waals surface area (Å²) in [6.07, 6.45) is 0.900. The van der Waals surface area contributed by atoms with Crippen LogP contribution in [0.3, 0.4) is 0 Å². The molecule has 0 bridgehead atoms. The van der Waals surface area contributed by atoms with Crippen LogP contribution < -0.4 is 10.2 Å². The monoisotopic (exact) mass is 369 g/mol. The Morgan fingerprint density at radius 2 is 1.81 bits per heavy atom. The summed E-state index contributed by atoms with van der Waals surface area (Å²) in [5.74, 6) is -0.476. The molecule has 1 saturated heterocycles. The Balaban J connectivity index is 1.40. The molecule has 27 heavy (non-hydrogen) atoms. The normalized spacial score (nSPS) is 16.2. The van der Waals surface area contributed by atoms with Crippen molar-refractivity contribution in [2.24, 2.45) is 0 Å². The van der Waals surface area contributed by atoms with Gasteiger partial charge in [-0.3, -0.25) is 9.69 Å². The lowest BCUT2D eigenvalue weighted by Gasteiger charge is -2.36. The number of nitrogens with zero attached hydrogens (tertiary/aromatic N) is 2. The van der Waals surface area contributed by atoms with E-state index in [1.165, 1.54) is 35.5 Å². The maximum Gasteiger partial charge on any atom is 0.251 e. The SMILES string of the molecule is Cc1cccc(N2CCN(CCC(C)NC(=O)c3ccc(F)cc3)CC2)c1. The van der Waals surface area contributed by atoms with Crippen molar-refractivity contribution in [1.29, 1.82) is 0 Å². The lowest BCUT2D eigenvalue weighted by molar-refractivity contribution is 0.0935. The van der Waals surface area contributed by atoms with Gasteiger partial charge >= 0.3 is 0 Å². The van der Waals surface area contributed by atoms with Crippen molar-refractivity contribution in [2.75, 3.05) is 37.6 Å². The molecular formula is C22H28FN3O. The highest BCUT2D eigenvalue weighted by atomic mass is 19.1. The molecule has 1 fully saturated rings. The summed E-state index contributed by atoms with van der Waals surface area (Å²) in [5.41, 5.74) is 3.09. The number of rotatable bonds is 6. The van der Waals surface area contributed by atoms with Crippen LogP contribution in [0, 0.1) is 12.7 Å². The third kappa shape index (κ3) is 5.54. The van der Waals surface area contributed by atoms with E-state index >= 15 is 0 Å². The minimum Gasteiger partial charge on any atom is -0.369 e. The first-order chi connectivity index (χ1) is 13.0. The molecule has 1 aliphatic rings. The first kappa shape index (κ1) is 19.4. The van der Waals surface area contributed by atoms with Crippen molar-refractivity contribution >= 4 is 11.6 Å². The van der Waals surface area contributed by atoms with E-state index in [4.69, 9.17) is 0 Å². The highest BCUT2D eigenvalue weighted by Gasteiger charge is 2.18. The van der Waals surface area contributed by atoms with Gasteiger partial charge < -0.3 is 10.2 Å². The molecule has 0 radical (unpaired) electrons. The molecule has 0 saturated carbocycles. The van der Waals surface area contributed by atoms with Gasteiger partial charge in [-0.05, 0) is 62.2 Å². The van der Waals surface area contributed by atoms with Crippen LogP contribution >= 0.6 is 0 Å². The van der Waals surface area contributed by atoms with E-state index in [9.17, 15) is 9.18 Å². The molecule has 2 aromatic rings. The fourth-order valence-electron chi connectivity index (χ4n) is 3.41. The van der Waals surface area contributed by atoms with Crippen molar-refractivity contribution < 1.29 is 9.18 Å². The van der Waals surface area contributed by atoms with Crippen molar-refractivity contribution in [3.63, 3.8) is 0 Å². The largest absolute Gasteiger partial charge is 0.369 e. The highest BCUT2D eigenvalue weighted by Crippen LogP contribution is 2.18. The van der Waals surface area contributed by atoms with E-state index in [0.29, 0.717) is 5.56 Å². The predicted molar refractivity (Wildman–Crippen MR) is 108 cm³/mol. The number of halogens is 1. The van der Waals surface area contributed by atoms with Crippen LogP contribution in [0.25, 0.3) is 0 Å². The number of carbonyl (C=O) groups excluding carboxylic acids is 1. The minimum atomic E-state index is -0.329. The van der Waals surface area contributed by atoms with Crippen LogP contribution in [0.5, 0.6) is 0 Å². The number of nitrogens with one attached hydrogen (secondary N) is 1. The fraction of sp³-hybridized carbons (Fsp3) is 0.409. The van der Waals surface area contributed by atoms with Gasteiger partial charge in [0.15, 0.2) is 0 Å². The Morgan fingerprint density at radius 1 is 1.11 bits per heavy atom. The van der Waals surface area contributed by atoms with Gasteiger partial charge in [-0.25, -0.2) is 4.39 Å². The van der Waals surface area contributed by atoms with Crippen LogP contribution in [0.4, 0.5) is 10.1 Å². The second kappa shape index (κ2) is 9.00. The Bertz CT molecular complexity index is 754. The molecule has 1 N–H and O–H groups in total. The Morgan fingerprint density at radius 3 is 2.48 bits per heavy atom. The average molecular weight is 369 g/mol. The van der Waals surface area contributed by atoms with Gasteiger partial charge in [0.2, 0.25) is 0 Å². The second-order valence-corrected chi connectivity index (χ2v) is 7.34. The van der Waals surface area contributed by atoms with Crippen LogP contribution in [0.2, 0.25) is 0 Å². The van der Waals surface area contributed by atoms with E-state index < -0.39 is 0 Å². The molecule has 1 atom stereocenters. The predicted octanol–water partition coefficient (Wildman–Crippen LogP) is 3.46. The Kier molecular flexibility index (Phi) is 6.45. The smallest absolute Gasteiger partial charge is 0.251 e. The zero-order chi connectivity index (χ0) is 19.2. The van der Waals surface area contributed by atoms with Crippen molar-refractivity contribution in [3.05, 3.63) is 65.5 Å². The minimum absolute atomic E-state index is 0.0809. The van der Waals surface area contributed by atoms with Gasteiger partial charge in [-0.1, -0.05) is 12.1 Å². The Hall–Kier alpha value is -2.40. The quantitative estimate of drug-likeness (QED) is 0.847. The van der Waals surface area contributed by atoms with Gasteiger partial charge in [-0.2, -0.15) is 0 Å². The lowest BCUT2D eigenvalue weighted by Crippen LogP contribution is -2.47. The van der Waals surface area contributed by atoms with Gasteiger partial charge in [-0.15, -0.1) is 0 Å². The maximum atomic E-state index is 13.0. The van der Waals surface area contributed by atoms with Crippen LogP contribution in [-0.4, -0.2) is 49.6 Å². The van der Waals surface area contributed by atoms with Gasteiger partial charge in [0.25, 0.3) is 5.91 Å². The molecule has 144 valence electrons. The van der Waals surface area contributed by atoms with Crippen LogP contribution in [-0.2, 0) is 0 Å². The number of hydrogen-bond donors (Lipinski definition) is 1. The van der Waals surface area contributed by atoms with Gasteiger partial charge in [0.1, 0.15) is 5.82 Å². The standard InChI is InChI=1S/C22H28FN3O/c1-17-4-3-5-21(16-17)26-14-12-25(13-15-26)11-10-18(2)24-22(27)19-6-8-20(23)9-7-19/h3-9,16,18H,10-15H2,1-2H3,(H,24,27). The van der Waals surface area contributed by atoms with E-state index in [0.717, 1.165) is 39.1 Å². The second-order valence-electron chi connectivity index (χ2n) is 7.34. The maximum absolute atomic E-state index is 13.0. The molecule has 1 amide bonds. The third-order valence-corrected chi connectivity index (χ3v) is 5.10. The summed E-state index contributed by atoms with van der Waals surface area (Å²) in [7, 11) is 0. The van der Waals surface area contributed by atoms with Crippen LogP contribution in [0.1, 0.15) is 29.3 Å². The summed E-state index contributed by atoms with van der Waals surface area (Å²) < 4.78 is 13.0. The van der Waals surface area contributed by atoms with Crippen LogP contribution in [0.15, 0.2) is 48.5 Å². The number of piperazine rings is 1. The molecular weight excluding hydrogens is 341 g/mol. The molecule has 1 unspecified atom stereocenters. The lowest BCUT2D eigenvalue weighted by atomic mass is 10.1. The molecule has 0 aromatic heterocycles. The summed E-state index contributed by atoms with van der Waals surface area (Å²) in [4.78, 5) is 17.1. The molecule has 0 spiro atoms. The fourth-order valence-corrected chi connectivity index (χ4v) is 3.41. The number of benzene rings is 2. The molecule has 3 rings (SSSR count). The third-order valence-electron chi connectivity index (χ3n) is 5.10. The van der Waals surface area contributed by atoms with E-state index in [-0.39, 0.29) is 17.8 Å². The first-order valence-electron chi connectivity index (χ1n) is 9.61. The number of hydrogen-bond acceptors (Lipinski definition) is 3. The first-order valence-corrected chi connectivity index (χ1v) is 9.61. The molecule has 4 nitrogen and oxygen atoms in total. The van der Waals surface area contributed by atoms with Crippen molar-refractivity contribution in [2.45, 2.75) is 26.3 Å². The molecule has 5 heteroatoms. The van der Waals surface area contributed by atoms with E-state index in [1.807, 2.05) is 6.92 Å². The Labute approximate surface area is 161 Å². The summed E-state index contributed by atoms with van der Waals surface area (Å²) >= 11 is 0. The summed E-state index contributed by atoms with van der Waals surface area (Å²) in [5, 5.41) is 3.00. The molecule has 1 aliphatic heterocycles.